The van der Waals surface area contributed by atoms with Crippen LogP contribution in [-0.2, 0) is 12.8 Å². The Bertz CT molecular complexity index is 1170. The number of pyridine rings is 1. The Morgan fingerprint density at radius 3 is 2.93 bits per heavy atom. The summed E-state index contributed by atoms with van der Waals surface area (Å²) in [5.74, 6) is -0.144. The van der Waals surface area contributed by atoms with Crippen molar-refractivity contribution in [1.82, 2.24) is 9.97 Å². The molecule has 7 heteroatoms. The first-order chi connectivity index (χ1) is 13.2. The largest absolute Gasteiger partial charge is 0.298 e. The second kappa shape index (κ2) is 6.71. The molecule has 1 aliphatic rings. The first-order valence-corrected chi connectivity index (χ1v) is 10.7. The summed E-state index contributed by atoms with van der Waals surface area (Å²) >= 11 is 9.27. The van der Waals surface area contributed by atoms with Crippen molar-refractivity contribution in [3.63, 3.8) is 0 Å². The molecular formula is C20H14ClN3OS2. The molecule has 5 rings (SSSR count). The number of nitrogens with zero attached hydrogens (tertiary/aromatic N) is 2. The van der Waals surface area contributed by atoms with Crippen LogP contribution in [0.4, 0.5) is 5.13 Å². The fourth-order valence-electron chi connectivity index (χ4n) is 3.52. The minimum Gasteiger partial charge on any atom is -0.298 e. The van der Waals surface area contributed by atoms with Gasteiger partial charge in [0.2, 0.25) is 0 Å². The molecule has 0 bridgehead atoms. The van der Waals surface area contributed by atoms with E-state index in [0.29, 0.717) is 15.7 Å². The van der Waals surface area contributed by atoms with Gasteiger partial charge < -0.3 is 0 Å². The summed E-state index contributed by atoms with van der Waals surface area (Å²) in [7, 11) is 0. The van der Waals surface area contributed by atoms with Gasteiger partial charge in [-0.25, -0.2) is 4.98 Å². The fraction of sp³-hybridized carbons (Fsp3) is 0.150. The Hall–Kier alpha value is -2.28. The van der Waals surface area contributed by atoms with Crippen molar-refractivity contribution in [2.75, 3.05) is 5.32 Å². The van der Waals surface area contributed by atoms with Gasteiger partial charge in [-0.05, 0) is 54.5 Å². The number of halogens is 1. The van der Waals surface area contributed by atoms with Crippen LogP contribution >= 0.6 is 34.3 Å². The van der Waals surface area contributed by atoms with Crippen molar-refractivity contribution in [1.29, 1.82) is 0 Å². The number of amides is 1. The minimum atomic E-state index is -0.144. The van der Waals surface area contributed by atoms with Gasteiger partial charge in [0.25, 0.3) is 5.91 Å². The molecule has 0 aliphatic heterocycles. The zero-order valence-electron chi connectivity index (χ0n) is 14.2. The Morgan fingerprint density at radius 1 is 1.15 bits per heavy atom. The molecule has 0 radical (unpaired) electrons. The number of carbonyl (C=O) groups excluding carboxylic acids is 1. The summed E-state index contributed by atoms with van der Waals surface area (Å²) in [4.78, 5) is 23.6. The van der Waals surface area contributed by atoms with Crippen LogP contribution in [0.15, 0.2) is 41.1 Å². The molecule has 3 aromatic heterocycles. The number of aromatic nitrogens is 2. The van der Waals surface area contributed by atoms with Gasteiger partial charge in [0.15, 0.2) is 5.13 Å². The van der Waals surface area contributed by atoms with Gasteiger partial charge in [0.1, 0.15) is 0 Å². The molecule has 1 aliphatic carbocycles. The van der Waals surface area contributed by atoms with Crippen molar-refractivity contribution in [2.24, 2.45) is 0 Å². The number of hydrogen-bond donors (Lipinski definition) is 1. The van der Waals surface area contributed by atoms with Gasteiger partial charge in [-0.15, -0.1) is 22.7 Å². The number of thiophene rings is 1. The third-order valence-electron chi connectivity index (χ3n) is 4.70. The predicted molar refractivity (Wildman–Crippen MR) is 112 cm³/mol. The molecule has 1 amide bonds. The van der Waals surface area contributed by atoms with Crippen molar-refractivity contribution in [3.05, 3.63) is 62.9 Å². The lowest BCUT2D eigenvalue weighted by atomic mass is 10.0. The molecular weight excluding hydrogens is 398 g/mol. The lowest BCUT2D eigenvalue weighted by Gasteiger charge is -2.12. The Balaban J connectivity index is 1.55. The third kappa shape index (κ3) is 3.04. The number of fused-ring (bicyclic) bond motifs is 2. The zero-order chi connectivity index (χ0) is 18.4. The number of carbonyl (C=O) groups is 1. The van der Waals surface area contributed by atoms with Gasteiger partial charge in [-0.2, -0.15) is 0 Å². The summed E-state index contributed by atoms with van der Waals surface area (Å²) in [6.07, 6.45) is 2.80. The molecule has 4 aromatic rings. The predicted octanol–water partition coefficient (Wildman–Crippen LogP) is 5.81. The van der Waals surface area contributed by atoms with Crippen LogP contribution in [0.2, 0.25) is 5.02 Å². The molecule has 3 heterocycles. The molecule has 27 heavy (non-hydrogen) atoms. The number of thiazole rings is 1. The number of aryl methyl sites for hydroxylation is 1. The van der Waals surface area contributed by atoms with E-state index < -0.39 is 0 Å². The van der Waals surface area contributed by atoms with E-state index in [-0.39, 0.29) is 5.91 Å². The number of rotatable bonds is 3. The normalized spacial score (nSPS) is 13.1. The lowest BCUT2D eigenvalue weighted by Crippen LogP contribution is -2.15. The molecule has 0 atom stereocenters. The molecule has 0 spiro atoms. The highest BCUT2D eigenvalue weighted by molar-refractivity contribution is 7.16. The first-order valence-electron chi connectivity index (χ1n) is 8.61. The molecule has 1 aromatic carbocycles. The van der Waals surface area contributed by atoms with E-state index >= 15 is 0 Å². The van der Waals surface area contributed by atoms with E-state index in [0.717, 1.165) is 52.0 Å². The van der Waals surface area contributed by atoms with Gasteiger partial charge >= 0.3 is 0 Å². The second-order valence-electron chi connectivity index (χ2n) is 6.40. The lowest BCUT2D eigenvalue weighted by molar-refractivity contribution is 0.102. The number of hydrogen-bond acceptors (Lipinski definition) is 5. The van der Waals surface area contributed by atoms with Crippen molar-refractivity contribution >= 4 is 56.2 Å². The third-order valence-corrected chi connectivity index (χ3v) is 6.58. The van der Waals surface area contributed by atoms with Crippen molar-refractivity contribution < 1.29 is 4.79 Å². The van der Waals surface area contributed by atoms with E-state index in [1.165, 1.54) is 11.3 Å². The van der Waals surface area contributed by atoms with Crippen LogP contribution in [0.5, 0.6) is 0 Å². The SMILES string of the molecule is O=C(Nc1nc(-c2cccs2)cs1)c1c2c(nc3ccc(Cl)cc13)CCC2. The monoisotopic (exact) mass is 411 g/mol. The average Bonchev–Trinajstić information content (AvgIpc) is 3.40. The fourth-order valence-corrected chi connectivity index (χ4v) is 5.16. The Labute approximate surface area is 168 Å². The van der Waals surface area contributed by atoms with Crippen molar-refractivity contribution in [2.45, 2.75) is 19.3 Å². The zero-order valence-corrected chi connectivity index (χ0v) is 16.5. The highest BCUT2D eigenvalue weighted by Crippen LogP contribution is 2.33. The van der Waals surface area contributed by atoms with Gasteiger partial charge in [-0.1, -0.05) is 17.7 Å². The minimum absolute atomic E-state index is 0.144. The van der Waals surface area contributed by atoms with Crippen LogP contribution in [0.25, 0.3) is 21.5 Å². The quantitative estimate of drug-likeness (QED) is 0.462. The average molecular weight is 412 g/mol. The number of nitrogens with one attached hydrogen (secondary N) is 1. The molecule has 134 valence electrons. The summed E-state index contributed by atoms with van der Waals surface area (Å²) < 4.78 is 0. The highest BCUT2D eigenvalue weighted by Gasteiger charge is 2.24. The summed E-state index contributed by atoms with van der Waals surface area (Å²) in [6.45, 7) is 0. The highest BCUT2D eigenvalue weighted by atomic mass is 35.5. The number of benzene rings is 1. The van der Waals surface area contributed by atoms with E-state index in [1.54, 1.807) is 11.3 Å². The molecule has 1 N–H and O–H groups in total. The summed E-state index contributed by atoms with van der Waals surface area (Å²) in [5.41, 5.74) is 4.44. The van der Waals surface area contributed by atoms with Crippen molar-refractivity contribution in [3.8, 4) is 10.6 Å². The first kappa shape index (κ1) is 16.9. The maximum atomic E-state index is 13.2. The standard InChI is InChI=1S/C20H14ClN3OS2/c21-11-6-7-15-13(9-11)18(12-3-1-4-14(12)22-15)19(25)24-20-23-16(10-27-20)17-5-2-8-26-17/h2,5-10H,1,3-4H2,(H,23,24,25). The molecule has 0 unspecified atom stereocenters. The van der Waals surface area contributed by atoms with E-state index in [9.17, 15) is 4.79 Å². The van der Waals surface area contributed by atoms with Crippen LogP contribution in [-0.4, -0.2) is 15.9 Å². The maximum absolute atomic E-state index is 13.2. The molecule has 0 saturated carbocycles. The summed E-state index contributed by atoms with van der Waals surface area (Å²) in [5, 5.41) is 8.97. The smallest absolute Gasteiger partial charge is 0.258 e. The van der Waals surface area contributed by atoms with E-state index in [1.807, 2.05) is 41.1 Å². The van der Waals surface area contributed by atoms with Gasteiger partial charge in [0, 0.05) is 21.5 Å². The van der Waals surface area contributed by atoms with E-state index in [4.69, 9.17) is 16.6 Å². The van der Waals surface area contributed by atoms with Crippen LogP contribution in [0.1, 0.15) is 28.0 Å². The molecule has 0 fully saturated rings. The second-order valence-corrected chi connectivity index (χ2v) is 8.64. The van der Waals surface area contributed by atoms with Crippen LogP contribution in [0.3, 0.4) is 0 Å². The maximum Gasteiger partial charge on any atom is 0.258 e. The Kier molecular flexibility index (Phi) is 4.19. The Morgan fingerprint density at radius 2 is 2.07 bits per heavy atom. The topological polar surface area (TPSA) is 54.9 Å². The van der Waals surface area contributed by atoms with Gasteiger partial charge in [0.05, 0.1) is 21.7 Å². The number of anilines is 1. The van der Waals surface area contributed by atoms with Gasteiger partial charge in [-0.3, -0.25) is 15.1 Å². The summed E-state index contributed by atoms with van der Waals surface area (Å²) in [6, 6.07) is 9.54. The van der Waals surface area contributed by atoms with E-state index in [2.05, 4.69) is 10.3 Å². The molecule has 4 nitrogen and oxygen atoms in total. The molecule has 0 saturated heterocycles. The van der Waals surface area contributed by atoms with Crippen LogP contribution < -0.4 is 5.32 Å². The van der Waals surface area contributed by atoms with Crippen LogP contribution in [0, 0.1) is 0 Å².